The molecule has 4 nitrogen and oxygen atoms in total. The molecule has 1 N–H and O–H groups in total. The summed E-state index contributed by atoms with van der Waals surface area (Å²) in [6.45, 7) is 4.17. The molecule has 4 heteroatoms. The van der Waals surface area contributed by atoms with E-state index in [2.05, 4.69) is 0 Å². The van der Waals surface area contributed by atoms with E-state index in [1.54, 1.807) is 0 Å². The molecule has 0 unspecified atom stereocenters. The number of hydrogen-bond donors (Lipinski definition) is 1. The van der Waals surface area contributed by atoms with Crippen molar-refractivity contribution in [2.24, 2.45) is 0 Å². The molecular formula is C8H14O4. The lowest BCUT2D eigenvalue weighted by Crippen LogP contribution is -2.39. The van der Waals surface area contributed by atoms with E-state index < -0.39 is 12.1 Å². The average Bonchev–Trinajstić information content (AvgIpc) is 2.21. The average molecular weight is 174 g/mol. The summed E-state index contributed by atoms with van der Waals surface area (Å²) in [4.78, 5) is 0. The van der Waals surface area contributed by atoms with Crippen LogP contribution in [0.1, 0.15) is 20.3 Å². The molecule has 70 valence electrons. The van der Waals surface area contributed by atoms with Gasteiger partial charge in [-0.1, -0.05) is 0 Å². The van der Waals surface area contributed by atoms with Gasteiger partial charge in [0.05, 0.1) is 12.7 Å². The van der Waals surface area contributed by atoms with Crippen LogP contribution in [0.4, 0.5) is 0 Å². The van der Waals surface area contributed by atoms with Crippen molar-refractivity contribution in [1.29, 1.82) is 0 Å². The van der Waals surface area contributed by atoms with E-state index >= 15 is 0 Å². The van der Waals surface area contributed by atoms with Gasteiger partial charge in [0, 0.05) is 6.42 Å². The van der Waals surface area contributed by atoms with Crippen LogP contribution >= 0.6 is 0 Å². The Kier molecular flexibility index (Phi) is 1.88. The Labute approximate surface area is 71.4 Å². The summed E-state index contributed by atoms with van der Waals surface area (Å²) in [5.74, 6) is -0.525. The van der Waals surface area contributed by atoms with Crippen LogP contribution < -0.4 is 0 Å². The van der Waals surface area contributed by atoms with Crippen LogP contribution in [0.25, 0.3) is 0 Å². The number of fused-ring (bicyclic) bond motifs is 1. The van der Waals surface area contributed by atoms with Gasteiger partial charge >= 0.3 is 0 Å². The number of hydrogen-bond acceptors (Lipinski definition) is 4. The molecule has 0 bridgehead atoms. The molecule has 2 saturated heterocycles. The van der Waals surface area contributed by atoms with Crippen LogP contribution in [-0.2, 0) is 14.2 Å². The van der Waals surface area contributed by atoms with Crippen molar-refractivity contribution in [3.8, 4) is 0 Å². The van der Waals surface area contributed by atoms with Crippen LogP contribution in [0.2, 0.25) is 0 Å². The first-order valence-electron chi connectivity index (χ1n) is 4.22. The zero-order valence-electron chi connectivity index (χ0n) is 7.32. The van der Waals surface area contributed by atoms with Crippen LogP contribution in [0.15, 0.2) is 0 Å². The molecule has 12 heavy (non-hydrogen) atoms. The molecule has 2 fully saturated rings. The number of aliphatic hydroxyl groups excluding tert-OH is 1. The summed E-state index contributed by atoms with van der Waals surface area (Å²) in [7, 11) is 0. The summed E-state index contributed by atoms with van der Waals surface area (Å²) >= 11 is 0. The monoisotopic (exact) mass is 174 g/mol. The smallest absolute Gasteiger partial charge is 0.163 e. The maximum Gasteiger partial charge on any atom is 0.163 e. The Hall–Kier alpha value is -0.160. The normalized spacial score (nSPS) is 45.8. The molecule has 2 heterocycles. The van der Waals surface area contributed by atoms with Gasteiger partial charge in [-0.05, 0) is 13.8 Å². The molecule has 0 aromatic rings. The second kappa shape index (κ2) is 2.67. The zero-order valence-corrected chi connectivity index (χ0v) is 7.32. The Morgan fingerprint density at radius 2 is 1.92 bits per heavy atom. The van der Waals surface area contributed by atoms with E-state index in [4.69, 9.17) is 19.3 Å². The molecule has 0 amide bonds. The largest absolute Gasteiger partial charge is 0.368 e. The molecule has 0 saturated carbocycles. The van der Waals surface area contributed by atoms with E-state index in [1.807, 2.05) is 13.8 Å². The first-order valence-corrected chi connectivity index (χ1v) is 4.22. The molecule has 3 atom stereocenters. The van der Waals surface area contributed by atoms with Gasteiger partial charge in [-0.3, -0.25) is 0 Å². The second-order valence-electron chi connectivity index (χ2n) is 3.74. The lowest BCUT2D eigenvalue weighted by molar-refractivity contribution is -0.167. The molecule has 2 aliphatic rings. The summed E-state index contributed by atoms with van der Waals surface area (Å²) in [5, 5.41) is 9.17. The molecule has 0 aliphatic carbocycles. The van der Waals surface area contributed by atoms with E-state index in [0.29, 0.717) is 13.0 Å². The van der Waals surface area contributed by atoms with Crippen molar-refractivity contribution in [2.75, 3.05) is 6.61 Å². The quantitative estimate of drug-likeness (QED) is 0.571. The molecule has 0 spiro atoms. The lowest BCUT2D eigenvalue weighted by Gasteiger charge is -2.26. The minimum absolute atomic E-state index is 0.0104. The van der Waals surface area contributed by atoms with Gasteiger partial charge in [0.25, 0.3) is 0 Å². The van der Waals surface area contributed by atoms with E-state index in [0.717, 1.165) is 0 Å². The molecule has 2 rings (SSSR count). The van der Waals surface area contributed by atoms with Crippen molar-refractivity contribution in [3.63, 3.8) is 0 Å². The fourth-order valence-corrected chi connectivity index (χ4v) is 1.72. The van der Waals surface area contributed by atoms with Crippen molar-refractivity contribution < 1.29 is 19.3 Å². The first-order chi connectivity index (χ1) is 5.57. The Bertz CT molecular complexity index is 180. The summed E-state index contributed by atoms with van der Waals surface area (Å²) in [6.07, 6.45) is -0.204. The van der Waals surface area contributed by atoms with Gasteiger partial charge in [-0.15, -0.1) is 0 Å². The van der Waals surface area contributed by atoms with Crippen LogP contribution in [0, 0.1) is 0 Å². The standard InChI is InChI=1S/C8H14O4/c1-8(2)11-5-3-7(9)10-4-6(5)12-8/h5-7,9H,3-4H2,1-2H3/t5-,6+,7+/m0/s1. The zero-order chi connectivity index (χ0) is 8.77. The maximum atomic E-state index is 9.17. The predicted octanol–water partition coefficient (Wildman–Crippen LogP) is 0.245. The highest BCUT2D eigenvalue weighted by Crippen LogP contribution is 2.33. The maximum absolute atomic E-state index is 9.17. The molecule has 0 aromatic heterocycles. The third kappa shape index (κ3) is 1.47. The van der Waals surface area contributed by atoms with Crippen LogP contribution in [-0.4, -0.2) is 36.0 Å². The van der Waals surface area contributed by atoms with Gasteiger partial charge in [-0.25, -0.2) is 0 Å². The van der Waals surface area contributed by atoms with Gasteiger partial charge in [0.1, 0.15) is 6.10 Å². The van der Waals surface area contributed by atoms with E-state index in [9.17, 15) is 0 Å². The predicted molar refractivity (Wildman–Crippen MR) is 40.4 cm³/mol. The topological polar surface area (TPSA) is 47.9 Å². The number of rotatable bonds is 0. The highest BCUT2D eigenvalue weighted by Gasteiger charge is 2.44. The van der Waals surface area contributed by atoms with E-state index in [1.165, 1.54) is 0 Å². The fraction of sp³-hybridized carbons (Fsp3) is 1.00. The minimum atomic E-state index is -0.691. The summed E-state index contributed by atoms with van der Waals surface area (Å²) in [5.41, 5.74) is 0. The Balaban J connectivity index is 2.02. The number of ether oxygens (including phenoxy) is 3. The second-order valence-corrected chi connectivity index (χ2v) is 3.74. The van der Waals surface area contributed by atoms with Crippen molar-refractivity contribution in [1.82, 2.24) is 0 Å². The summed E-state index contributed by atoms with van der Waals surface area (Å²) < 4.78 is 16.1. The van der Waals surface area contributed by atoms with Crippen molar-refractivity contribution in [2.45, 2.75) is 44.6 Å². The fourth-order valence-electron chi connectivity index (χ4n) is 1.72. The van der Waals surface area contributed by atoms with Gasteiger partial charge < -0.3 is 19.3 Å². The molecule has 2 aliphatic heterocycles. The lowest BCUT2D eigenvalue weighted by atomic mass is 10.1. The Morgan fingerprint density at radius 3 is 2.67 bits per heavy atom. The van der Waals surface area contributed by atoms with Gasteiger partial charge in [0.15, 0.2) is 12.1 Å². The third-order valence-electron chi connectivity index (χ3n) is 2.17. The first kappa shape index (κ1) is 8.44. The van der Waals surface area contributed by atoms with Crippen molar-refractivity contribution in [3.05, 3.63) is 0 Å². The molecule has 0 radical (unpaired) electrons. The summed E-state index contributed by atoms with van der Waals surface area (Å²) in [6, 6.07) is 0. The van der Waals surface area contributed by atoms with Gasteiger partial charge in [0.2, 0.25) is 0 Å². The molecule has 0 aromatic carbocycles. The van der Waals surface area contributed by atoms with Gasteiger partial charge in [-0.2, -0.15) is 0 Å². The highest BCUT2D eigenvalue weighted by atomic mass is 16.8. The third-order valence-corrected chi connectivity index (χ3v) is 2.17. The highest BCUT2D eigenvalue weighted by molar-refractivity contribution is 4.84. The molecular weight excluding hydrogens is 160 g/mol. The van der Waals surface area contributed by atoms with Crippen LogP contribution in [0.5, 0.6) is 0 Å². The van der Waals surface area contributed by atoms with Crippen LogP contribution in [0.3, 0.4) is 0 Å². The van der Waals surface area contributed by atoms with Crippen molar-refractivity contribution >= 4 is 0 Å². The SMILES string of the molecule is CC1(C)O[C@H]2C[C@H](O)OC[C@H]2O1. The minimum Gasteiger partial charge on any atom is -0.368 e. The number of aliphatic hydroxyl groups is 1. The van der Waals surface area contributed by atoms with E-state index in [-0.39, 0.29) is 12.2 Å². The Morgan fingerprint density at radius 1 is 1.25 bits per heavy atom.